The van der Waals surface area contributed by atoms with Gasteiger partial charge in [-0.2, -0.15) is 0 Å². The minimum Gasteiger partial charge on any atom is -0.331 e. The van der Waals surface area contributed by atoms with E-state index < -0.39 is 0 Å². The second kappa shape index (κ2) is 7.22. The van der Waals surface area contributed by atoms with Gasteiger partial charge in [0.05, 0.1) is 6.04 Å². The van der Waals surface area contributed by atoms with Crippen LogP contribution in [0.3, 0.4) is 0 Å². The van der Waals surface area contributed by atoms with Crippen molar-refractivity contribution in [2.24, 2.45) is 0 Å². The fraction of sp³-hybridized carbons (Fsp3) is 0.250. The quantitative estimate of drug-likeness (QED) is 0.921. The van der Waals surface area contributed by atoms with Gasteiger partial charge >= 0.3 is 6.03 Å². The predicted molar refractivity (Wildman–Crippen MR) is 87.0 cm³/mol. The molecule has 0 unspecified atom stereocenters. The van der Waals surface area contributed by atoms with E-state index in [1.54, 1.807) is 20.3 Å². The number of hydrogen-bond acceptors (Lipinski definition) is 2. The van der Waals surface area contributed by atoms with Crippen LogP contribution in [0.15, 0.2) is 53.1 Å². The first-order valence-corrected chi connectivity index (χ1v) is 7.49. The van der Waals surface area contributed by atoms with Crippen LogP contribution in [0, 0.1) is 0 Å². The lowest BCUT2D eigenvalue weighted by Gasteiger charge is -2.21. The van der Waals surface area contributed by atoms with Gasteiger partial charge in [-0.3, -0.25) is 4.98 Å². The predicted octanol–water partition coefficient (Wildman–Crippen LogP) is 3.40. The van der Waals surface area contributed by atoms with Gasteiger partial charge < -0.3 is 10.2 Å². The number of rotatable bonds is 4. The summed E-state index contributed by atoms with van der Waals surface area (Å²) in [5.74, 6) is 0. The molecule has 0 saturated heterocycles. The van der Waals surface area contributed by atoms with Crippen molar-refractivity contribution in [3.63, 3.8) is 0 Å². The minimum absolute atomic E-state index is 0.108. The summed E-state index contributed by atoms with van der Waals surface area (Å²) >= 11 is 3.43. The largest absolute Gasteiger partial charge is 0.331 e. The SMILES string of the molecule is CN(C)C(=O)N[C@H](Cc1ccccn1)c1ccc(Br)cc1. The summed E-state index contributed by atoms with van der Waals surface area (Å²) in [4.78, 5) is 17.8. The summed E-state index contributed by atoms with van der Waals surface area (Å²) in [6, 6.07) is 13.5. The molecule has 1 aromatic carbocycles. The zero-order valence-corrected chi connectivity index (χ0v) is 13.7. The molecule has 0 aliphatic heterocycles. The van der Waals surface area contributed by atoms with Crippen molar-refractivity contribution in [3.05, 3.63) is 64.4 Å². The summed E-state index contributed by atoms with van der Waals surface area (Å²) in [6.07, 6.45) is 2.42. The topological polar surface area (TPSA) is 45.2 Å². The van der Waals surface area contributed by atoms with Crippen LogP contribution in [-0.4, -0.2) is 30.0 Å². The number of hydrogen-bond donors (Lipinski definition) is 1. The maximum absolute atomic E-state index is 12.0. The number of carbonyl (C=O) groups is 1. The molecule has 1 N–H and O–H groups in total. The highest BCUT2D eigenvalue weighted by Gasteiger charge is 2.16. The lowest BCUT2D eigenvalue weighted by atomic mass is 10.0. The summed E-state index contributed by atoms with van der Waals surface area (Å²) < 4.78 is 1.02. The fourth-order valence-corrected chi connectivity index (χ4v) is 2.22. The van der Waals surface area contributed by atoms with Gasteiger partial charge in [-0.05, 0) is 29.8 Å². The summed E-state index contributed by atoms with van der Waals surface area (Å²) in [6.45, 7) is 0. The number of aromatic nitrogens is 1. The van der Waals surface area contributed by atoms with Crippen molar-refractivity contribution in [3.8, 4) is 0 Å². The molecule has 110 valence electrons. The van der Waals surface area contributed by atoms with Crippen LogP contribution >= 0.6 is 15.9 Å². The first-order chi connectivity index (χ1) is 10.1. The number of benzene rings is 1. The van der Waals surface area contributed by atoms with Crippen LogP contribution in [0.5, 0.6) is 0 Å². The van der Waals surface area contributed by atoms with Gasteiger partial charge in [0.15, 0.2) is 0 Å². The Bertz CT molecular complexity index is 584. The maximum atomic E-state index is 12.0. The third kappa shape index (κ3) is 4.56. The molecular weight excluding hydrogens is 330 g/mol. The van der Waals surface area contributed by atoms with E-state index >= 15 is 0 Å². The van der Waals surface area contributed by atoms with Gasteiger partial charge in [-0.15, -0.1) is 0 Å². The van der Waals surface area contributed by atoms with Crippen LogP contribution in [0.2, 0.25) is 0 Å². The third-order valence-electron chi connectivity index (χ3n) is 3.12. The van der Waals surface area contributed by atoms with Gasteiger partial charge in [-0.25, -0.2) is 4.79 Å². The second-order valence-electron chi connectivity index (χ2n) is 4.97. The molecule has 0 aliphatic rings. The van der Waals surface area contributed by atoms with Gasteiger partial charge in [-0.1, -0.05) is 34.1 Å². The van der Waals surface area contributed by atoms with E-state index in [4.69, 9.17) is 0 Å². The lowest BCUT2D eigenvalue weighted by Crippen LogP contribution is -2.38. The molecule has 21 heavy (non-hydrogen) atoms. The maximum Gasteiger partial charge on any atom is 0.317 e. The van der Waals surface area contributed by atoms with Crippen LogP contribution in [0.1, 0.15) is 17.3 Å². The molecule has 0 fully saturated rings. The molecule has 1 aromatic heterocycles. The molecule has 0 bridgehead atoms. The standard InChI is InChI=1S/C16H18BrN3O/c1-20(2)16(21)19-15(11-14-5-3-4-10-18-14)12-6-8-13(17)9-7-12/h3-10,15H,11H2,1-2H3,(H,19,21)/t15-/m1/s1. The van der Waals surface area contributed by atoms with Crippen molar-refractivity contribution in [2.45, 2.75) is 12.5 Å². The molecule has 1 atom stereocenters. The normalized spacial score (nSPS) is 11.8. The van der Waals surface area contributed by atoms with Crippen molar-refractivity contribution in [1.29, 1.82) is 0 Å². The first kappa shape index (κ1) is 15.5. The van der Waals surface area contributed by atoms with E-state index in [1.165, 1.54) is 4.90 Å². The third-order valence-corrected chi connectivity index (χ3v) is 3.64. The van der Waals surface area contributed by atoms with E-state index in [0.717, 1.165) is 15.7 Å². The highest BCUT2D eigenvalue weighted by Crippen LogP contribution is 2.20. The number of nitrogens with one attached hydrogen (secondary N) is 1. The Morgan fingerprint density at radius 1 is 1.24 bits per heavy atom. The highest BCUT2D eigenvalue weighted by atomic mass is 79.9. The molecule has 2 aromatic rings. The zero-order valence-electron chi connectivity index (χ0n) is 12.1. The Kier molecular flexibility index (Phi) is 5.33. The van der Waals surface area contributed by atoms with E-state index in [0.29, 0.717) is 6.42 Å². The summed E-state index contributed by atoms with van der Waals surface area (Å²) in [5.41, 5.74) is 2.00. The second-order valence-corrected chi connectivity index (χ2v) is 5.89. The van der Waals surface area contributed by atoms with Gasteiger partial charge in [0.1, 0.15) is 0 Å². The van der Waals surface area contributed by atoms with E-state index in [1.807, 2.05) is 42.5 Å². The number of nitrogens with zero attached hydrogens (tertiary/aromatic N) is 2. The number of urea groups is 1. The van der Waals surface area contributed by atoms with Crippen molar-refractivity contribution in [2.75, 3.05) is 14.1 Å². The zero-order chi connectivity index (χ0) is 15.2. The monoisotopic (exact) mass is 347 g/mol. The Morgan fingerprint density at radius 3 is 2.52 bits per heavy atom. The number of amides is 2. The molecule has 4 nitrogen and oxygen atoms in total. The molecular formula is C16H18BrN3O. The van der Waals surface area contributed by atoms with Crippen molar-refractivity contribution >= 4 is 22.0 Å². The van der Waals surface area contributed by atoms with Crippen LogP contribution in [0.25, 0.3) is 0 Å². The minimum atomic E-state index is -0.112. The van der Waals surface area contributed by atoms with E-state index in [-0.39, 0.29) is 12.1 Å². The number of carbonyl (C=O) groups excluding carboxylic acids is 1. The summed E-state index contributed by atoms with van der Waals surface area (Å²) in [7, 11) is 3.46. The molecule has 0 radical (unpaired) electrons. The average Bonchev–Trinajstić information content (AvgIpc) is 2.48. The number of pyridine rings is 1. The first-order valence-electron chi connectivity index (χ1n) is 6.69. The Labute approximate surface area is 133 Å². The highest BCUT2D eigenvalue weighted by molar-refractivity contribution is 9.10. The fourth-order valence-electron chi connectivity index (χ4n) is 1.95. The van der Waals surface area contributed by atoms with E-state index in [9.17, 15) is 4.79 Å². The molecule has 2 amide bonds. The molecule has 0 saturated carbocycles. The van der Waals surface area contributed by atoms with E-state index in [2.05, 4.69) is 26.2 Å². The molecule has 5 heteroatoms. The van der Waals surface area contributed by atoms with Gasteiger partial charge in [0.2, 0.25) is 0 Å². The Hall–Kier alpha value is -1.88. The van der Waals surface area contributed by atoms with Crippen molar-refractivity contribution in [1.82, 2.24) is 15.2 Å². The Morgan fingerprint density at radius 2 is 1.95 bits per heavy atom. The lowest BCUT2D eigenvalue weighted by molar-refractivity contribution is 0.213. The molecule has 2 rings (SSSR count). The Balaban J connectivity index is 2.21. The molecule has 1 heterocycles. The van der Waals surface area contributed by atoms with Crippen LogP contribution < -0.4 is 5.32 Å². The average molecular weight is 348 g/mol. The molecule has 0 aliphatic carbocycles. The summed E-state index contributed by atoms with van der Waals surface area (Å²) in [5, 5.41) is 3.03. The van der Waals surface area contributed by atoms with Gasteiger partial charge in [0.25, 0.3) is 0 Å². The van der Waals surface area contributed by atoms with Crippen molar-refractivity contribution < 1.29 is 4.79 Å². The number of halogens is 1. The smallest absolute Gasteiger partial charge is 0.317 e. The van der Waals surface area contributed by atoms with Crippen LogP contribution in [0.4, 0.5) is 4.79 Å². The van der Waals surface area contributed by atoms with Crippen LogP contribution in [-0.2, 0) is 6.42 Å². The molecule has 0 spiro atoms. The van der Waals surface area contributed by atoms with Gasteiger partial charge in [0, 0.05) is 36.9 Å².